The maximum Gasteiger partial charge on any atom is 0.254 e. The van der Waals surface area contributed by atoms with Gasteiger partial charge in [0, 0.05) is 43.3 Å². The second kappa shape index (κ2) is 8.88. The minimum Gasteiger partial charge on any atom is -0.493 e. The third kappa shape index (κ3) is 4.05. The van der Waals surface area contributed by atoms with Gasteiger partial charge in [-0.1, -0.05) is 36.4 Å². The van der Waals surface area contributed by atoms with Crippen molar-refractivity contribution < 1.29 is 14.3 Å². The van der Waals surface area contributed by atoms with Gasteiger partial charge in [-0.3, -0.25) is 4.79 Å². The number of ether oxygens (including phenoxy) is 2. The van der Waals surface area contributed by atoms with E-state index in [1.165, 1.54) is 22.0 Å². The largest absolute Gasteiger partial charge is 0.493 e. The van der Waals surface area contributed by atoms with Gasteiger partial charge in [-0.15, -0.1) is 0 Å². The molecule has 0 saturated heterocycles. The Kier molecular flexibility index (Phi) is 6.03. The van der Waals surface area contributed by atoms with E-state index in [1.54, 1.807) is 14.2 Å². The molecule has 5 nitrogen and oxygen atoms in total. The lowest BCUT2D eigenvalue weighted by Gasteiger charge is -2.30. The van der Waals surface area contributed by atoms with E-state index in [9.17, 15) is 4.79 Å². The van der Waals surface area contributed by atoms with Crippen molar-refractivity contribution in [3.8, 4) is 11.5 Å². The summed E-state index contributed by atoms with van der Waals surface area (Å²) in [5, 5.41) is 2.52. The first-order valence-electron chi connectivity index (χ1n) is 10.8. The first kappa shape index (κ1) is 21.0. The summed E-state index contributed by atoms with van der Waals surface area (Å²) in [5.74, 6) is 1.35. The molecule has 0 aromatic heterocycles. The Morgan fingerprint density at radius 3 is 2.55 bits per heavy atom. The maximum atomic E-state index is 13.1. The topological polar surface area (TPSA) is 42.0 Å². The molecule has 0 bridgehead atoms. The number of nitrogens with zero attached hydrogens (tertiary/aromatic N) is 2. The van der Waals surface area contributed by atoms with Crippen LogP contribution in [-0.4, -0.2) is 51.7 Å². The van der Waals surface area contributed by atoms with E-state index in [2.05, 4.69) is 55.3 Å². The molecular weight excluding hydrogens is 388 g/mol. The van der Waals surface area contributed by atoms with Crippen LogP contribution in [0.25, 0.3) is 10.8 Å². The molecule has 1 aliphatic rings. The van der Waals surface area contributed by atoms with Crippen LogP contribution < -0.4 is 14.4 Å². The Morgan fingerprint density at radius 1 is 1.03 bits per heavy atom. The number of carbonyl (C=O) groups is 1. The number of rotatable bonds is 7. The molecule has 1 heterocycles. The summed E-state index contributed by atoms with van der Waals surface area (Å²) in [4.78, 5) is 17.3. The number of amides is 1. The van der Waals surface area contributed by atoms with Crippen LogP contribution in [0, 0.1) is 6.92 Å². The standard InChI is InChI=1S/C26H30N2O3/c1-18-10-11-19-8-5-6-9-21(19)25(18)27(2)13-7-14-28-15-12-20-16-23(30-3)24(31-4)17-22(20)26(28)29/h5-6,8-11,16-17H,7,12-15H2,1-4H3. The summed E-state index contributed by atoms with van der Waals surface area (Å²) in [6.07, 6.45) is 1.74. The number of carbonyl (C=O) groups excluding carboxylic acids is 1. The molecule has 0 aliphatic carbocycles. The van der Waals surface area contributed by atoms with E-state index in [1.807, 2.05) is 17.0 Å². The van der Waals surface area contributed by atoms with E-state index >= 15 is 0 Å². The van der Waals surface area contributed by atoms with Gasteiger partial charge in [0.05, 0.1) is 14.2 Å². The Balaban J connectivity index is 1.44. The predicted octanol–water partition coefficient (Wildman–Crippen LogP) is 4.69. The second-order valence-electron chi connectivity index (χ2n) is 8.13. The van der Waals surface area contributed by atoms with E-state index in [4.69, 9.17) is 9.47 Å². The van der Waals surface area contributed by atoms with Crippen LogP contribution in [0.2, 0.25) is 0 Å². The van der Waals surface area contributed by atoms with Gasteiger partial charge in [-0.05, 0) is 48.4 Å². The van der Waals surface area contributed by atoms with Crippen LogP contribution in [0.4, 0.5) is 5.69 Å². The zero-order valence-electron chi connectivity index (χ0n) is 18.8. The zero-order chi connectivity index (χ0) is 22.0. The maximum absolute atomic E-state index is 13.1. The highest BCUT2D eigenvalue weighted by atomic mass is 16.5. The molecule has 0 saturated carbocycles. The number of aryl methyl sites for hydroxylation is 1. The molecule has 0 unspecified atom stereocenters. The van der Waals surface area contributed by atoms with Crippen molar-refractivity contribution in [2.75, 3.05) is 45.8 Å². The summed E-state index contributed by atoms with van der Waals surface area (Å²) in [5.41, 5.74) is 4.29. The van der Waals surface area contributed by atoms with E-state index < -0.39 is 0 Å². The highest BCUT2D eigenvalue weighted by Gasteiger charge is 2.26. The van der Waals surface area contributed by atoms with Crippen molar-refractivity contribution in [3.63, 3.8) is 0 Å². The van der Waals surface area contributed by atoms with Gasteiger partial charge in [0.1, 0.15) is 0 Å². The third-order valence-corrected chi connectivity index (χ3v) is 6.18. The Hall–Kier alpha value is -3.21. The molecule has 3 aromatic carbocycles. The van der Waals surface area contributed by atoms with Crippen molar-refractivity contribution in [2.45, 2.75) is 19.8 Å². The van der Waals surface area contributed by atoms with Gasteiger partial charge < -0.3 is 19.3 Å². The molecule has 1 aliphatic heterocycles. The fraction of sp³-hybridized carbons (Fsp3) is 0.346. The number of benzene rings is 3. The fourth-order valence-corrected chi connectivity index (χ4v) is 4.55. The molecule has 0 atom stereocenters. The van der Waals surface area contributed by atoms with Crippen molar-refractivity contribution in [2.24, 2.45) is 0 Å². The van der Waals surface area contributed by atoms with Gasteiger partial charge in [-0.2, -0.15) is 0 Å². The molecule has 4 rings (SSSR count). The van der Waals surface area contributed by atoms with Crippen LogP contribution in [0.1, 0.15) is 27.9 Å². The minimum atomic E-state index is 0.0752. The Bertz CT molecular complexity index is 1110. The summed E-state index contributed by atoms with van der Waals surface area (Å²) in [6.45, 7) is 4.52. The zero-order valence-corrected chi connectivity index (χ0v) is 18.8. The molecule has 1 amide bonds. The van der Waals surface area contributed by atoms with Crippen LogP contribution >= 0.6 is 0 Å². The Labute approximate surface area is 184 Å². The Morgan fingerprint density at radius 2 is 1.77 bits per heavy atom. The van der Waals surface area contributed by atoms with Gasteiger partial charge in [0.2, 0.25) is 0 Å². The summed E-state index contributed by atoms with van der Waals surface area (Å²) in [6, 6.07) is 16.6. The van der Waals surface area contributed by atoms with Crippen LogP contribution in [0.3, 0.4) is 0 Å². The predicted molar refractivity (Wildman–Crippen MR) is 126 cm³/mol. The van der Waals surface area contributed by atoms with Crippen molar-refractivity contribution in [1.29, 1.82) is 0 Å². The molecule has 162 valence electrons. The lowest BCUT2D eigenvalue weighted by Crippen LogP contribution is -2.39. The average molecular weight is 419 g/mol. The first-order chi connectivity index (χ1) is 15.0. The first-order valence-corrected chi connectivity index (χ1v) is 10.8. The second-order valence-corrected chi connectivity index (χ2v) is 8.13. The van der Waals surface area contributed by atoms with E-state index in [0.717, 1.165) is 43.6 Å². The number of hydrogen-bond donors (Lipinski definition) is 0. The average Bonchev–Trinajstić information content (AvgIpc) is 2.79. The lowest BCUT2D eigenvalue weighted by atomic mass is 9.98. The third-order valence-electron chi connectivity index (χ3n) is 6.18. The monoisotopic (exact) mass is 418 g/mol. The van der Waals surface area contributed by atoms with Crippen LogP contribution in [0.5, 0.6) is 11.5 Å². The van der Waals surface area contributed by atoms with Crippen molar-refractivity contribution in [3.05, 3.63) is 65.2 Å². The highest BCUT2D eigenvalue weighted by molar-refractivity contribution is 5.98. The number of hydrogen-bond acceptors (Lipinski definition) is 4. The van der Waals surface area contributed by atoms with Crippen molar-refractivity contribution in [1.82, 2.24) is 4.90 Å². The molecule has 5 heteroatoms. The molecule has 31 heavy (non-hydrogen) atoms. The number of anilines is 1. The fourth-order valence-electron chi connectivity index (χ4n) is 4.55. The summed E-state index contributed by atoms with van der Waals surface area (Å²) < 4.78 is 10.8. The molecule has 3 aromatic rings. The minimum absolute atomic E-state index is 0.0752. The highest BCUT2D eigenvalue weighted by Crippen LogP contribution is 2.33. The summed E-state index contributed by atoms with van der Waals surface area (Å²) >= 11 is 0. The lowest BCUT2D eigenvalue weighted by molar-refractivity contribution is 0.0738. The van der Waals surface area contributed by atoms with Crippen molar-refractivity contribution >= 4 is 22.4 Å². The van der Waals surface area contributed by atoms with Gasteiger partial charge >= 0.3 is 0 Å². The molecule has 0 spiro atoms. The van der Waals surface area contributed by atoms with E-state index in [0.29, 0.717) is 11.5 Å². The van der Waals surface area contributed by atoms with Crippen LogP contribution in [-0.2, 0) is 6.42 Å². The molecule has 0 radical (unpaired) electrons. The molecule has 0 fully saturated rings. The van der Waals surface area contributed by atoms with Crippen LogP contribution in [0.15, 0.2) is 48.5 Å². The quantitative estimate of drug-likeness (QED) is 0.558. The van der Waals surface area contributed by atoms with Gasteiger partial charge in [-0.25, -0.2) is 0 Å². The summed E-state index contributed by atoms with van der Waals surface area (Å²) in [7, 11) is 5.36. The normalized spacial score (nSPS) is 13.3. The van der Waals surface area contributed by atoms with Gasteiger partial charge in [0.15, 0.2) is 11.5 Å². The SMILES string of the molecule is COc1cc2c(cc1OC)C(=O)N(CCCN(C)c1c(C)ccc3ccccc13)CC2. The smallest absolute Gasteiger partial charge is 0.254 e. The van der Waals surface area contributed by atoms with Gasteiger partial charge in [0.25, 0.3) is 5.91 Å². The van der Waals surface area contributed by atoms with E-state index in [-0.39, 0.29) is 5.91 Å². The molecular formula is C26H30N2O3. The number of fused-ring (bicyclic) bond motifs is 2. The number of methoxy groups -OCH3 is 2. The molecule has 0 N–H and O–H groups in total.